The van der Waals surface area contributed by atoms with E-state index < -0.39 is 6.04 Å². The Morgan fingerprint density at radius 2 is 1.80 bits per heavy atom. The number of nitrogens with two attached hydrogens (primary N) is 1. The second-order valence-electron chi connectivity index (χ2n) is 4.48. The van der Waals surface area contributed by atoms with Gasteiger partial charge in [0.15, 0.2) is 0 Å². The highest BCUT2D eigenvalue weighted by molar-refractivity contribution is 5.81. The van der Waals surface area contributed by atoms with Gasteiger partial charge in [0, 0.05) is 0 Å². The van der Waals surface area contributed by atoms with E-state index >= 15 is 0 Å². The van der Waals surface area contributed by atoms with Crippen molar-refractivity contribution in [1.82, 2.24) is 4.90 Å². The lowest BCUT2D eigenvalue weighted by Crippen LogP contribution is -2.42. The normalized spacial score (nSPS) is 12.1. The van der Waals surface area contributed by atoms with Crippen molar-refractivity contribution in [3.63, 3.8) is 0 Å². The number of hydrogen-bond acceptors (Lipinski definition) is 4. The summed E-state index contributed by atoms with van der Waals surface area (Å²) in [5, 5.41) is 0. The molecule has 2 heterocycles. The molecule has 5 heteroatoms. The summed E-state index contributed by atoms with van der Waals surface area (Å²) in [6, 6.07) is 6.61. The van der Waals surface area contributed by atoms with Crippen molar-refractivity contribution in [3.05, 3.63) is 61.0 Å². The van der Waals surface area contributed by atoms with Gasteiger partial charge in [-0.25, -0.2) is 0 Å². The smallest absolute Gasteiger partial charge is 0.240 e. The van der Waals surface area contributed by atoms with Gasteiger partial charge >= 0.3 is 0 Å². The number of hydrogen-bond donors (Lipinski definition) is 1. The van der Waals surface area contributed by atoms with Gasteiger partial charge < -0.3 is 19.5 Å². The molecule has 5 nitrogen and oxygen atoms in total. The van der Waals surface area contributed by atoms with Crippen molar-refractivity contribution in [3.8, 4) is 0 Å². The van der Waals surface area contributed by atoms with Gasteiger partial charge in [0.25, 0.3) is 0 Å². The molecule has 0 aliphatic carbocycles. The Labute approximate surface area is 117 Å². The van der Waals surface area contributed by atoms with Crippen molar-refractivity contribution in [2.45, 2.75) is 25.6 Å². The average Bonchev–Trinajstić information content (AvgIpc) is 3.10. The fraction of sp³-hybridized carbons (Fsp3) is 0.267. The topological polar surface area (TPSA) is 72.6 Å². The van der Waals surface area contributed by atoms with Crippen molar-refractivity contribution >= 4 is 5.91 Å². The lowest BCUT2D eigenvalue weighted by Gasteiger charge is -2.23. The Morgan fingerprint density at radius 3 is 2.20 bits per heavy atom. The second-order valence-corrected chi connectivity index (χ2v) is 4.48. The van der Waals surface area contributed by atoms with Gasteiger partial charge in [-0.3, -0.25) is 4.79 Å². The largest absolute Gasteiger partial charge is 0.467 e. The van der Waals surface area contributed by atoms with Gasteiger partial charge in [-0.2, -0.15) is 0 Å². The van der Waals surface area contributed by atoms with Gasteiger partial charge in [-0.15, -0.1) is 6.58 Å². The summed E-state index contributed by atoms with van der Waals surface area (Å²) in [4.78, 5) is 14.0. The number of rotatable bonds is 7. The fourth-order valence-electron chi connectivity index (χ4n) is 1.91. The van der Waals surface area contributed by atoms with E-state index in [0.717, 1.165) is 0 Å². The van der Waals surface area contributed by atoms with Gasteiger partial charge in [0.05, 0.1) is 31.7 Å². The number of carbonyl (C=O) groups is 1. The molecule has 0 aliphatic heterocycles. The maximum Gasteiger partial charge on any atom is 0.240 e. The lowest BCUT2D eigenvalue weighted by molar-refractivity contribution is -0.134. The highest BCUT2D eigenvalue weighted by Crippen LogP contribution is 2.13. The van der Waals surface area contributed by atoms with E-state index in [-0.39, 0.29) is 5.91 Å². The van der Waals surface area contributed by atoms with Crippen LogP contribution in [0, 0.1) is 0 Å². The van der Waals surface area contributed by atoms with Crippen LogP contribution in [0.3, 0.4) is 0 Å². The van der Waals surface area contributed by atoms with Crippen molar-refractivity contribution < 1.29 is 13.6 Å². The second kappa shape index (κ2) is 6.77. The summed E-state index contributed by atoms with van der Waals surface area (Å²) in [5.74, 6) is 1.25. The molecule has 0 saturated carbocycles. The predicted octanol–water partition coefficient (Wildman–Crippen LogP) is 2.30. The Bertz CT molecular complexity index is 495. The lowest BCUT2D eigenvalue weighted by atomic mass is 10.2. The van der Waals surface area contributed by atoms with Gasteiger partial charge in [0.1, 0.15) is 11.5 Å². The first-order chi connectivity index (χ1) is 9.70. The number of carbonyl (C=O) groups excluding carboxylic acids is 1. The Hall–Kier alpha value is -2.27. The number of nitrogens with zero attached hydrogens (tertiary/aromatic N) is 1. The van der Waals surface area contributed by atoms with Crippen LogP contribution in [-0.2, 0) is 17.9 Å². The zero-order chi connectivity index (χ0) is 14.4. The molecule has 20 heavy (non-hydrogen) atoms. The summed E-state index contributed by atoms with van der Waals surface area (Å²) < 4.78 is 10.6. The predicted molar refractivity (Wildman–Crippen MR) is 74.5 cm³/mol. The monoisotopic (exact) mass is 274 g/mol. The molecule has 1 amide bonds. The standard InChI is InChI=1S/C15H18N2O3/c1-2-5-14(16)15(18)17(10-12-6-3-8-19-12)11-13-7-4-9-20-13/h2-4,6-9,14H,1,5,10-11,16H2. The molecule has 0 spiro atoms. The first kappa shape index (κ1) is 14.1. The first-order valence-corrected chi connectivity index (χ1v) is 6.40. The Morgan fingerprint density at radius 1 is 1.25 bits per heavy atom. The van der Waals surface area contributed by atoms with E-state index in [9.17, 15) is 4.79 Å². The fourth-order valence-corrected chi connectivity index (χ4v) is 1.91. The van der Waals surface area contributed by atoms with E-state index in [1.54, 1.807) is 35.6 Å². The van der Waals surface area contributed by atoms with Crippen LogP contribution in [0.5, 0.6) is 0 Å². The number of furan rings is 2. The molecule has 1 unspecified atom stereocenters. The summed E-state index contributed by atoms with van der Waals surface area (Å²) in [7, 11) is 0. The van der Waals surface area contributed by atoms with Gasteiger partial charge in [-0.1, -0.05) is 6.08 Å². The molecule has 0 fully saturated rings. The van der Waals surface area contributed by atoms with E-state index in [2.05, 4.69) is 6.58 Å². The molecule has 0 aromatic carbocycles. The minimum absolute atomic E-state index is 0.155. The van der Waals surface area contributed by atoms with Crippen LogP contribution < -0.4 is 5.73 Å². The molecule has 1 atom stereocenters. The molecule has 2 aromatic rings. The summed E-state index contributed by atoms with van der Waals surface area (Å²) in [6.45, 7) is 4.32. The zero-order valence-corrected chi connectivity index (χ0v) is 11.2. The molecule has 0 aliphatic rings. The molecule has 2 N–H and O–H groups in total. The molecule has 2 aromatic heterocycles. The third-order valence-corrected chi connectivity index (χ3v) is 2.90. The van der Waals surface area contributed by atoms with Crippen LogP contribution in [0.4, 0.5) is 0 Å². The maximum atomic E-state index is 12.4. The summed E-state index contributed by atoms with van der Waals surface area (Å²) >= 11 is 0. The molecule has 2 rings (SSSR count). The quantitative estimate of drug-likeness (QED) is 0.786. The third kappa shape index (κ3) is 3.61. The Kier molecular flexibility index (Phi) is 4.79. The van der Waals surface area contributed by atoms with E-state index in [1.807, 2.05) is 12.1 Å². The first-order valence-electron chi connectivity index (χ1n) is 6.40. The molecule has 0 radical (unpaired) electrons. The Balaban J connectivity index is 2.10. The van der Waals surface area contributed by atoms with Crippen LogP contribution in [-0.4, -0.2) is 16.8 Å². The third-order valence-electron chi connectivity index (χ3n) is 2.90. The maximum absolute atomic E-state index is 12.4. The van der Waals surface area contributed by atoms with Crippen LogP contribution >= 0.6 is 0 Å². The highest BCUT2D eigenvalue weighted by atomic mass is 16.3. The van der Waals surface area contributed by atoms with Crippen LogP contribution in [0.1, 0.15) is 17.9 Å². The van der Waals surface area contributed by atoms with Gasteiger partial charge in [0.2, 0.25) is 5.91 Å². The van der Waals surface area contributed by atoms with E-state index in [0.29, 0.717) is 31.0 Å². The van der Waals surface area contributed by atoms with Crippen LogP contribution in [0.2, 0.25) is 0 Å². The van der Waals surface area contributed by atoms with Crippen molar-refractivity contribution in [2.24, 2.45) is 5.73 Å². The molecular formula is C15H18N2O3. The van der Waals surface area contributed by atoms with Crippen molar-refractivity contribution in [2.75, 3.05) is 0 Å². The van der Waals surface area contributed by atoms with E-state index in [4.69, 9.17) is 14.6 Å². The molecule has 0 saturated heterocycles. The van der Waals surface area contributed by atoms with E-state index in [1.165, 1.54) is 0 Å². The van der Waals surface area contributed by atoms with Gasteiger partial charge in [-0.05, 0) is 30.7 Å². The SMILES string of the molecule is C=CCC(N)C(=O)N(Cc1ccco1)Cc1ccco1. The minimum Gasteiger partial charge on any atom is -0.467 e. The molecule has 0 bridgehead atoms. The number of amides is 1. The van der Waals surface area contributed by atoms with Crippen LogP contribution in [0.25, 0.3) is 0 Å². The molecular weight excluding hydrogens is 256 g/mol. The minimum atomic E-state index is -0.600. The summed E-state index contributed by atoms with van der Waals surface area (Å²) in [6.07, 6.45) is 5.23. The zero-order valence-electron chi connectivity index (χ0n) is 11.2. The molecule has 106 valence electrons. The van der Waals surface area contributed by atoms with Crippen molar-refractivity contribution in [1.29, 1.82) is 0 Å². The summed E-state index contributed by atoms with van der Waals surface area (Å²) in [5.41, 5.74) is 5.86. The highest BCUT2D eigenvalue weighted by Gasteiger charge is 2.22. The average molecular weight is 274 g/mol. The van der Waals surface area contributed by atoms with Crippen LogP contribution in [0.15, 0.2) is 58.3 Å².